The highest BCUT2D eigenvalue weighted by Gasteiger charge is 2.26. The summed E-state index contributed by atoms with van der Waals surface area (Å²) in [6.07, 6.45) is 0. The number of hydrogen-bond acceptors (Lipinski definition) is 2. The Hall–Kier alpha value is -0.880. The number of carbonyl (C=O) groups excluding carboxylic acids is 2. The molecule has 0 unspecified atom stereocenters. The van der Waals surface area contributed by atoms with Crippen molar-refractivity contribution in [2.75, 3.05) is 10.6 Å². The fraction of sp³-hybridized carbons (Fsp3) is 0.500. The molecule has 22 heavy (non-hydrogen) atoms. The van der Waals surface area contributed by atoms with Crippen LogP contribution in [0.3, 0.4) is 0 Å². The number of amides is 2. The van der Waals surface area contributed by atoms with Gasteiger partial charge >= 0.3 is 0 Å². The first-order chi connectivity index (χ1) is 9.84. The van der Waals surface area contributed by atoms with Gasteiger partial charge < -0.3 is 10.6 Å². The van der Waals surface area contributed by atoms with Crippen molar-refractivity contribution < 1.29 is 9.59 Å². The maximum Gasteiger partial charge on any atom is 0.229 e. The molecule has 0 saturated heterocycles. The summed E-state index contributed by atoms with van der Waals surface area (Å²) in [7, 11) is 0. The Kier molecular flexibility index (Phi) is 5.84. The van der Waals surface area contributed by atoms with Crippen LogP contribution in [0, 0.1) is 10.8 Å². The number of rotatable bonds is 2. The molecule has 2 amide bonds. The molecule has 4 nitrogen and oxygen atoms in total. The molecular formula is C16H22Br2N2O2. The first-order valence-corrected chi connectivity index (χ1v) is 8.53. The lowest BCUT2D eigenvalue weighted by Gasteiger charge is -2.23. The second-order valence-corrected chi connectivity index (χ2v) is 8.90. The third-order valence-corrected chi connectivity index (χ3v) is 4.26. The zero-order valence-corrected chi connectivity index (χ0v) is 16.9. The minimum atomic E-state index is -0.535. The smallest absolute Gasteiger partial charge is 0.229 e. The van der Waals surface area contributed by atoms with Gasteiger partial charge in [-0.1, -0.05) is 41.5 Å². The van der Waals surface area contributed by atoms with Crippen molar-refractivity contribution in [3.63, 3.8) is 0 Å². The van der Waals surface area contributed by atoms with Crippen molar-refractivity contribution in [2.24, 2.45) is 10.8 Å². The van der Waals surface area contributed by atoms with Crippen LogP contribution in [-0.2, 0) is 9.59 Å². The Bertz CT molecular complexity index is 546. The molecule has 1 aromatic carbocycles. The zero-order valence-electron chi connectivity index (χ0n) is 13.7. The summed E-state index contributed by atoms with van der Waals surface area (Å²) in [6.45, 7) is 11.0. The number of carbonyl (C=O) groups is 2. The van der Waals surface area contributed by atoms with Gasteiger partial charge in [-0.2, -0.15) is 0 Å². The Morgan fingerprint density at radius 2 is 1.05 bits per heavy atom. The summed E-state index contributed by atoms with van der Waals surface area (Å²) < 4.78 is 1.41. The monoisotopic (exact) mass is 432 g/mol. The van der Waals surface area contributed by atoms with Crippen molar-refractivity contribution in [3.8, 4) is 0 Å². The van der Waals surface area contributed by atoms with Crippen molar-refractivity contribution in [1.82, 2.24) is 0 Å². The van der Waals surface area contributed by atoms with Gasteiger partial charge in [-0.25, -0.2) is 0 Å². The quantitative estimate of drug-likeness (QED) is 0.674. The average Bonchev–Trinajstić information content (AvgIpc) is 2.35. The third kappa shape index (κ3) is 4.81. The molecule has 1 aromatic rings. The van der Waals surface area contributed by atoms with E-state index < -0.39 is 10.8 Å². The number of hydrogen-bond donors (Lipinski definition) is 2. The van der Waals surface area contributed by atoms with Crippen molar-refractivity contribution in [3.05, 3.63) is 21.1 Å². The van der Waals surface area contributed by atoms with E-state index >= 15 is 0 Å². The fourth-order valence-electron chi connectivity index (χ4n) is 1.40. The lowest BCUT2D eigenvalue weighted by molar-refractivity contribution is -0.124. The van der Waals surface area contributed by atoms with Crippen LogP contribution in [-0.4, -0.2) is 11.8 Å². The molecule has 0 aliphatic rings. The van der Waals surface area contributed by atoms with Crippen molar-refractivity contribution >= 4 is 55.0 Å². The largest absolute Gasteiger partial charge is 0.323 e. The molecule has 0 fully saturated rings. The summed E-state index contributed by atoms with van der Waals surface area (Å²) in [6, 6.07) is 3.63. The number of nitrogens with one attached hydrogen (secondary N) is 2. The predicted molar refractivity (Wildman–Crippen MR) is 98.0 cm³/mol. The predicted octanol–water partition coefficient (Wildman–Crippen LogP) is 5.18. The fourth-order valence-corrected chi connectivity index (χ4v) is 2.26. The maximum absolute atomic E-state index is 12.3. The van der Waals surface area contributed by atoms with Crippen LogP contribution in [0.5, 0.6) is 0 Å². The normalized spacial score (nSPS) is 12.0. The SMILES string of the molecule is CC(C)(C)C(=O)Nc1c(Br)ccc(Br)c1NC(=O)C(C)(C)C. The van der Waals surface area contributed by atoms with Gasteiger partial charge in [0, 0.05) is 19.8 Å². The molecule has 122 valence electrons. The highest BCUT2D eigenvalue weighted by molar-refractivity contribution is 9.11. The van der Waals surface area contributed by atoms with E-state index in [2.05, 4.69) is 42.5 Å². The van der Waals surface area contributed by atoms with E-state index in [0.29, 0.717) is 20.3 Å². The molecule has 1 rings (SSSR count). The molecule has 0 atom stereocenters. The Balaban J connectivity index is 3.25. The zero-order chi connectivity index (χ0) is 17.3. The first kappa shape index (κ1) is 19.2. The van der Waals surface area contributed by atoms with Crippen LogP contribution >= 0.6 is 31.9 Å². The van der Waals surface area contributed by atoms with E-state index in [1.807, 2.05) is 53.7 Å². The molecule has 0 radical (unpaired) electrons. The molecule has 0 heterocycles. The van der Waals surface area contributed by atoms with Gasteiger partial charge in [-0.3, -0.25) is 9.59 Å². The number of anilines is 2. The van der Waals surface area contributed by atoms with E-state index in [0.717, 1.165) is 0 Å². The minimum Gasteiger partial charge on any atom is -0.323 e. The van der Waals surface area contributed by atoms with E-state index in [9.17, 15) is 9.59 Å². The molecule has 0 spiro atoms. The summed E-state index contributed by atoms with van der Waals surface area (Å²) in [5.41, 5.74) is 0.0268. The van der Waals surface area contributed by atoms with Gasteiger partial charge in [0.15, 0.2) is 0 Å². The highest BCUT2D eigenvalue weighted by atomic mass is 79.9. The summed E-state index contributed by atoms with van der Waals surface area (Å²) in [4.78, 5) is 24.5. The van der Waals surface area contributed by atoms with Gasteiger partial charge in [0.1, 0.15) is 0 Å². The summed E-state index contributed by atoms with van der Waals surface area (Å²) >= 11 is 6.86. The van der Waals surface area contributed by atoms with Gasteiger partial charge in [-0.05, 0) is 44.0 Å². The van der Waals surface area contributed by atoms with E-state index in [-0.39, 0.29) is 11.8 Å². The summed E-state index contributed by atoms with van der Waals surface area (Å²) in [5.74, 6) is -0.255. The molecular weight excluding hydrogens is 412 g/mol. The van der Waals surface area contributed by atoms with E-state index in [4.69, 9.17) is 0 Å². The average molecular weight is 434 g/mol. The molecule has 6 heteroatoms. The molecule has 0 bridgehead atoms. The molecule has 0 saturated carbocycles. The lowest BCUT2D eigenvalue weighted by atomic mass is 9.95. The van der Waals surface area contributed by atoms with E-state index in [1.165, 1.54) is 0 Å². The van der Waals surface area contributed by atoms with Gasteiger partial charge in [-0.15, -0.1) is 0 Å². The maximum atomic E-state index is 12.3. The van der Waals surface area contributed by atoms with Crippen LogP contribution < -0.4 is 10.6 Å². The second-order valence-electron chi connectivity index (χ2n) is 7.19. The lowest BCUT2D eigenvalue weighted by Crippen LogP contribution is -2.30. The standard InChI is InChI=1S/C16H22Br2N2O2/c1-15(2,3)13(21)19-11-9(17)7-8-10(18)12(11)20-14(22)16(4,5)6/h7-8H,1-6H3,(H,19,21)(H,20,22). The first-order valence-electron chi connectivity index (χ1n) is 6.95. The van der Waals surface area contributed by atoms with Crippen molar-refractivity contribution in [1.29, 1.82) is 0 Å². The Labute approximate surface area is 148 Å². The number of benzene rings is 1. The van der Waals surface area contributed by atoms with Crippen LogP contribution in [0.2, 0.25) is 0 Å². The Morgan fingerprint density at radius 3 is 1.27 bits per heavy atom. The van der Waals surface area contributed by atoms with Crippen LogP contribution in [0.25, 0.3) is 0 Å². The molecule has 0 aliphatic heterocycles. The molecule has 0 aromatic heterocycles. The van der Waals surface area contributed by atoms with Crippen LogP contribution in [0.15, 0.2) is 21.1 Å². The highest BCUT2D eigenvalue weighted by Crippen LogP contribution is 2.38. The van der Waals surface area contributed by atoms with Gasteiger partial charge in [0.25, 0.3) is 0 Å². The summed E-state index contributed by atoms with van der Waals surface area (Å²) in [5, 5.41) is 5.77. The molecule has 2 N–H and O–H groups in total. The van der Waals surface area contributed by atoms with Crippen LogP contribution in [0.4, 0.5) is 11.4 Å². The van der Waals surface area contributed by atoms with Crippen molar-refractivity contribution in [2.45, 2.75) is 41.5 Å². The topological polar surface area (TPSA) is 58.2 Å². The van der Waals surface area contributed by atoms with Crippen LogP contribution in [0.1, 0.15) is 41.5 Å². The third-order valence-electron chi connectivity index (χ3n) is 2.94. The van der Waals surface area contributed by atoms with E-state index in [1.54, 1.807) is 0 Å². The minimum absolute atomic E-state index is 0.127. The number of halogens is 2. The van der Waals surface area contributed by atoms with Gasteiger partial charge in [0.2, 0.25) is 11.8 Å². The molecule has 0 aliphatic carbocycles. The second kappa shape index (κ2) is 6.71. The Morgan fingerprint density at radius 1 is 0.773 bits per heavy atom. The van der Waals surface area contributed by atoms with Gasteiger partial charge in [0.05, 0.1) is 11.4 Å².